The molecule has 6 nitrogen and oxygen atoms in total. The number of amides is 1. The van der Waals surface area contributed by atoms with E-state index in [1.54, 1.807) is 18.2 Å². The molecule has 0 saturated carbocycles. The van der Waals surface area contributed by atoms with Gasteiger partial charge in [0.05, 0.1) is 11.3 Å². The van der Waals surface area contributed by atoms with Gasteiger partial charge in [-0.25, -0.2) is 4.79 Å². The number of Topliss-reactive ketones (excluding diaryl/α,β-unsaturated/α-hetero) is 1. The van der Waals surface area contributed by atoms with Crippen LogP contribution in [0, 0.1) is 0 Å². The van der Waals surface area contributed by atoms with Crippen molar-refractivity contribution in [3.05, 3.63) is 59.7 Å². The Morgan fingerprint density at radius 1 is 1.07 bits per heavy atom. The van der Waals surface area contributed by atoms with Gasteiger partial charge in [-0.3, -0.25) is 9.59 Å². The summed E-state index contributed by atoms with van der Waals surface area (Å²) in [5.74, 6) is -1.36. The van der Waals surface area contributed by atoms with Gasteiger partial charge in [0.15, 0.2) is 6.10 Å². The maximum absolute atomic E-state index is 12.6. The molecule has 2 aromatic carbocycles. The molecule has 0 N–H and O–H groups in total. The number of benzene rings is 2. The first-order chi connectivity index (χ1) is 13.9. The zero-order valence-corrected chi connectivity index (χ0v) is 15.6. The minimum atomic E-state index is -2.96. The maximum Gasteiger partial charge on any atom is 0.387 e. The van der Waals surface area contributed by atoms with Crippen LogP contribution in [0.5, 0.6) is 5.75 Å². The molecule has 0 spiro atoms. The summed E-state index contributed by atoms with van der Waals surface area (Å²) in [6, 6.07) is 11.7. The van der Waals surface area contributed by atoms with Gasteiger partial charge in [-0.15, -0.1) is 0 Å². The van der Waals surface area contributed by atoms with E-state index < -0.39 is 24.5 Å². The number of rotatable bonds is 7. The van der Waals surface area contributed by atoms with Crippen molar-refractivity contribution in [1.29, 1.82) is 0 Å². The molecule has 1 heterocycles. The van der Waals surface area contributed by atoms with Crippen molar-refractivity contribution in [2.45, 2.75) is 32.5 Å². The largest absolute Gasteiger partial charge is 0.451 e. The Morgan fingerprint density at radius 2 is 1.76 bits per heavy atom. The van der Waals surface area contributed by atoms with Gasteiger partial charge in [0.25, 0.3) is 0 Å². The number of nitrogens with zero attached hydrogens (tertiary/aromatic N) is 1. The molecule has 1 saturated heterocycles. The van der Waals surface area contributed by atoms with Gasteiger partial charge in [0.2, 0.25) is 11.7 Å². The number of esters is 1. The summed E-state index contributed by atoms with van der Waals surface area (Å²) in [6.45, 7) is -1.02. The van der Waals surface area contributed by atoms with Crippen molar-refractivity contribution < 1.29 is 32.6 Å². The second-order valence-corrected chi connectivity index (χ2v) is 6.48. The fourth-order valence-electron chi connectivity index (χ4n) is 3.10. The monoisotopic (exact) mass is 403 g/mol. The smallest absolute Gasteiger partial charge is 0.387 e. The number of alkyl halides is 2. The zero-order chi connectivity index (χ0) is 21.0. The fourth-order valence-corrected chi connectivity index (χ4v) is 3.10. The Morgan fingerprint density at radius 3 is 2.38 bits per heavy atom. The normalized spacial score (nSPS) is 14.8. The lowest BCUT2D eigenvalue weighted by Gasteiger charge is -2.20. The summed E-state index contributed by atoms with van der Waals surface area (Å²) in [6.07, 6.45) is 0.0260. The lowest BCUT2D eigenvalue weighted by molar-refractivity contribution is -0.117. The fraction of sp³-hybridized carbons (Fsp3) is 0.286. The number of para-hydroxylation sites is 1. The predicted molar refractivity (Wildman–Crippen MR) is 100 cm³/mol. The van der Waals surface area contributed by atoms with Crippen LogP contribution in [0.1, 0.15) is 40.5 Å². The minimum absolute atomic E-state index is 0.0690. The van der Waals surface area contributed by atoms with E-state index >= 15 is 0 Å². The lowest BCUT2D eigenvalue weighted by Crippen LogP contribution is -2.28. The second-order valence-electron chi connectivity index (χ2n) is 6.48. The topological polar surface area (TPSA) is 72.9 Å². The van der Waals surface area contributed by atoms with Crippen LogP contribution in [0.2, 0.25) is 0 Å². The number of hydrogen-bond acceptors (Lipinski definition) is 5. The molecule has 1 aliphatic rings. The Hall–Kier alpha value is -3.29. The molecule has 1 aliphatic heterocycles. The molecule has 1 fully saturated rings. The molecule has 8 heteroatoms. The highest BCUT2D eigenvalue weighted by molar-refractivity contribution is 6.05. The lowest BCUT2D eigenvalue weighted by atomic mass is 10.1. The molecule has 0 radical (unpaired) electrons. The van der Waals surface area contributed by atoms with Crippen LogP contribution in [-0.2, 0) is 9.53 Å². The molecule has 2 aromatic rings. The van der Waals surface area contributed by atoms with Gasteiger partial charge in [-0.2, -0.15) is 8.78 Å². The molecular formula is C21H19F2NO5. The molecule has 0 unspecified atom stereocenters. The van der Waals surface area contributed by atoms with E-state index in [-0.39, 0.29) is 22.8 Å². The van der Waals surface area contributed by atoms with E-state index in [9.17, 15) is 23.2 Å². The van der Waals surface area contributed by atoms with Crippen molar-refractivity contribution in [1.82, 2.24) is 0 Å². The third kappa shape index (κ3) is 4.77. The molecule has 0 aromatic heterocycles. The molecule has 3 rings (SSSR count). The van der Waals surface area contributed by atoms with Gasteiger partial charge in [-0.05, 0) is 49.7 Å². The van der Waals surface area contributed by atoms with Crippen molar-refractivity contribution in [2.75, 3.05) is 11.4 Å². The van der Waals surface area contributed by atoms with Gasteiger partial charge in [0.1, 0.15) is 5.75 Å². The number of ether oxygens (including phenoxy) is 2. The first-order valence-corrected chi connectivity index (χ1v) is 9.06. The summed E-state index contributed by atoms with van der Waals surface area (Å²) < 4.78 is 34.0. The van der Waals surface area contributed by atoms with Crippen LogP contribution in [0.4, 0.5) is 14.5 Å². The minimum Gasteiger partial charge on any atom is -0.451 e. The Balaban J connectivity index is 1.71. The third-order valence-electron chi connectivity index (χ3n) is 4.51. The van der Waals surface area contributed by atoms with Crippen molar-refractivity contribution >= 4 is 23.3 Å². The third-order valence-corrected chi connectivity index (χ3v) is 4.51. The van der Waals surface area contributed by atoms with Gasteiger partial charge in [0, 0.05) is 18.5 Å². The van der Waals surface area contributed by atoms with E-state index in [1.807, 2.05) is 0 Å². The average Bonchev–Trinajstić information content (AvgIpc) is 3.13. The molecule has 29 heavy (non-hydrogen) atoms. The van der Waals surface area contributed by atoms with Crippen LogP contribution >= 0.6 is 0 Å². The van der Waals surface area contributed by atoms with Crippen LogP contribution in [-0.4, -0.2) is 36.9 Å². The van der Waals surface area contributed by atoms with Crippen LogP contribution < -0.4 is 9.64 Å². The molecule has 152 valence electrons. The number of halogens is 2. The highest BCUT2D eigenvalue weighted by Gasteiger charge is 2.28. The number of ketones is 1. The van der Waals surface area contributed by atoms with Gasteiger partial charge >= 0.3 is 12.6 Å². The quantitative estimate of drug-likeness (QED) is 0.519. The summed E-state index contributed by atoms with van der Waals surface area (Å²) in [7, 11) is 0. The maximum atomic E-state index is 12.6. The standard InChI is InChI=1S/C21H19F2NO5/c1-13(19(26)14-8-10-15(11-9-14)29-21(22)23)28-20(27)16-5-2-3-6-17(16)24-12-4-7-18(24)25/h2-3,5-6,8-11,13,21H,4,7,12H2,1H3/t13-/m0/s1. The molecule has 0 bridgehead atoms. The Kier molecular flexibility index (Phi) is 6.21. The van der Waals surface area contributed by atoms with Gasteiger partial charge < -0.3 is 14.4 Å². The van der Waals surface area contributed by atoms with Crippen molar-refractivity contribution in [3.8, 4) is 5.75 Å². The van der Waals surface area contributed by atoms with E-state index in [4.69, 9.17) is 4.74 Å². The van der Waals surface area contributed by atoms with Crippen molar-refractivity contribution in [3.63, 3.8) is 0 Å². The number of anilines is 1. The number of carbonyl (C=O) groups is 3. The van der Waals surface area contributed by atoms with Crippen molar-refractivity contribution in [2.24, 2.45) is 0 Å². The van der Waals surface area contributed by atoms with E-state index in [1.165, 1.54) is 42.2 Å². The number of carbonyl (C=O) groups excluding carboxylic acids is 3. The molecule has 0 aliphatic carbocycles. The molecular weight excluding hydrogens is 384 g/mol. The summed E-state index contributed by atoms with van der Waals surface area (Å²) in [5.41, 5.74) is 0.839. The SMILES string of the molecule is C[C@H](OC(=O)c1ccccc1N1CCCC1=O)C(=O)c1ccc(OC(F)F)cc1. The van der Waals surface area contributed by atoms with E-state index in [0.29, 0.717) is 25.1 Å². The van der Waals surface area contributed by atoms with Crippen LogP contribution in [0.3, 0.4) is 0 Å². The summed E-state index contributed by atoms with van der Waals surface area (Å²) in [5, 5.41) is 0. The van der Waals surface area contributed by atoms with Gasteiger partial charge in [-0.1, -0.05) is 12.1 Å². The first kappa shape index (κ1) is 20.4. The zero-order valence-electron chi connectivity index (χ0n) is 15.6. The summed E-state index contributed by atoms with van der Waals surface area (Å²) >= 11 is 0. The molecule has 1 atom stereocenters. The first-order valence-electron chi connectivity index (χ1n) is 9.06. The number of hydrogen-bond donors (Lipinski definition) is 0. The molecule has 1 amide bonds. The Bertz CT molecular complexity index is 914. The second kappa shape index (κ2) is 8.81. The average molecular weight is 403 g/mol. The van der Waals surface area contributed by atoms with E-state index in [0.717, 1.165) is 0 Å². The summed E-state index contributed by atoms with van der Waals surface area (Å²) in [4.78, 5) is 38.7. The van der Waals surface area contributed by atoms with E-state index in [2.05, 4.69) is 4.74 Å². The highest BCUT2D eigenvalue weighted by atomic mass is 19.3. The van der Waals surface area contributed by atoms with Crippen LogP contribution in [0.25, 0.3) is 0 Å². The highest BCUT2D eigenvalue weighted by Crippen LogP contribution is 2.26. The predicted octanol–water partition coefficient (Wildman–Crippen LogP) is 3.84. The Labute approximate surface area is 166 Å². The van der Waals surface area contributed by atoms with Crippen LogP contribution in [0.15, 0.2) is 48.5 Å².